The zero-order chi connectivity index (χ0) is 12.0. The quantitative estimate of drug-likeness (QED) is 0.749. The van der Waals surface area contributed by atoms with Crippen molar-refractivity contribution in [1.82, 2.24) is 5.32 Å². The predicted molar refractivity (Wildman–Crippen MR) is 65.1 cm³/mol. The summed E-state index contributed by atoms with van der Waals surface area (Å²) in [6, 6.07) is 7.31. The van der Waals surface area contributed by atoms with Gasteiger partial charge >= 0.3 is 0 Å². The summed E-state index contributed by atoms with van der Waals surface area (Å²) in [7, 11) is 1.84. The van der Waals surface area contributed by atoms with Crippen LogP contribution in [0.15, 0.2) is 24.3 Å². The van der Waals surface area contributed by atoms with Crippen LogP contribution in [0.25, 0.3) is 0 Å². The van der Waals surface area contributed by atoms with E-state index in [-0.39, 0.29) is 11.9 Å². The summed E-state index contributed by atoms with van der Waals surface area (Å²) in [5, 5.41) is 2.96. The van der Waals surface area contributed by atoms with E-state index in [9.17, 15) is 4.79 Å². The van der Waals surface area contributed by atoms with E-state index in [0.29, 0.717) is 13.0 Å². The second kappa shape index (κ2) is 6.28. The maximum atomic E-state index is 11.7. The first-order valence-corrected chi connectivity index (χ1v) is 5.58. The molecule has 1 N–H and O–H groups in total. The summed E-state index contributed by atoms with van der Waals surface area (Å²) >= 11 is 0. The topological polar surface area (TPSA) is 38.3 Å². The van der Waals surface area contributed by atoms with Gasteiger partial charge in [-0.2, -0.15) is 0 Å². The molecule has 0 aliphatic carbocycles. The van der Waals surface area contributed by atoms with E-state index in [2.05, 4.69) is 5.32 Å². The molecule has 0 saturated carbocycles. The molecule has 0 aliphatic heterocycles. The Bertz CT molecular complexity index is 330. The van der Waals surface area contributed by atoms with Crippen LogP contribution in [0.3, 0.4) is 0 Å². The number of ether oxygens (including phenoxy) is 1. The van der Waals surface area contributed by atoms with Crippen molar-refractivity contribution in [1.29, 1.82) is 0 Å². The van der Waals surface area contributed by atoms with Crippen LogP contribution in [0.1, 0.15) is 30.6 Å². The van der Waals surface area contributed by atoms with Crippen molar-refractivity contribution in [3.8, 4) is 5.75 Å². The molecule has 3 heteroatoms. The Hall–Kier alpha value is -1.35. The molecule has 88 valence electrons. The molecule has 1 rings (SSSR count). The molecular formula is C13H19NO2. The SMILES string of the molecule is CNCCC(=O)c1ccc(OC(C)C)cc1. The highest BCUT2D eigenvalue weighted by Gasteiger charge is 2.05. The molecule has 0 bridgehead atoms. The maximum Gasteiger partial charge on any atom is 0.164 e. The smallest absolute Gasteiger partial charge is 0.164 e. The third-order valence-corrected chi connectivity index (χ3v) is 2.15. The lowest BCUT2D eigenvalue weighted by Gasteiger charge is -2.09. The van der Waals surface area contributed by atoms with E-state index in [0.717, 1.165) is 11.3 Å². The third kappa shape index (κ3) is 4.03. The highest BCUT2D eigenvalue weighted by atomic mass is 16.5. The van der Waals surface area contributed by atoms with Crippen LogP contribution >= 0.6 is 0 Å². The van der Waals surface area contributed by atoms with Crippen molar-refractivity contribution in [2.75, 3.05) is 13.6 Å². The summed E-state index contributed by atoms with van der Waals surface area (Å²) in [5.41, 5.74) is 0.742. The van der Waals surface area contributed by atoms with E-state index in [4.69, 9.17) is 4.74 Å². The van der Waals surface area contributed by atoms with Crippen LogP contribution in [0.5, 0.6) is 5.75 Å². The monoisotopic (exact) mass is 221 g/mol. The zero-order valence-electron chi connectivity index (χ0n) is 10.1. The summed E-state index contributed by atoms with van der Waals surface area (Å²) in [5.74, 6) is 0.964. The molecule has 0 atom stereocenters. The Balaban J connectivity index is 2.60. The lowest BCUT2D eigenvalue weighted by Crippen LogP contribution is -2.13. The van der Waals surface area contributed by atoms with E-state index in [1.807, 2.05) is 45.2 Å². The fourth-order valence-electron chi connectivity index (χ4n) is 1.37. The number of ketones is 1. The first-order valence-electron chi connectivity index (χ1n) is 5.58. The Morgan fingerprint density at radius 2 is 1.94 bits per heavy atom. The van der Waals surface area contributed by atoms with Gasteiger partial charge in [-0.1, -0.05) is 0 Å². The number of hydrogen-bond donors (Lipinski definition) is 1. The molecule has 0 saturated heterocycles. The second-order valence-corrected chi connectivity index (χ2v) is 3.97. The molecule has 0 radical (unpaired) electrons. The number of benzene rings is 1. The molecule has 0 aromatic heterocycles. The summed E-state index contributed by atoms with van der Waals surface area (Å²) < 4.78 is 5.51. The number of carbonyl (C=O) groups excluding carboxylic acids is 1. The fourth-order valence-corrected chi connectivity index (χ4v) is 1.37. The largest absolute Gasteiger partial charge is 0.491 e. The second-order valence-electron chi connectivity index (χ2n) is 3.97. The van der Waals surface area contributed by atoms with Crippen molar-refractivity contribution in [2.24, 2.45) is 0 Å². The molecule has 0 fully saturated rings. The average molecular weight is 221 g/mol. The van der Waals surface area contributed by atoms with Crippen molar-refractivity contribution < 1.29 is 9.53 Å². The standard InChI is InChI=1S/C13H19NO2/c1-10(2)16-12-6-4-11(5-7-12)13(15)8-9-14-3/h4-7,10,14H,8-9H2,1-3H3. The number of nitrogens with one attached hydrogen (secondary N) is 1. The van der Waals surface area contributed by atoms with Crippen molar-refractivity contribution in [3.05, 3.63) is 29.8 Å². The molecule has 16 heavy (non-hydrogen) atoms. The Morgan fingerprint density at radius 3 is 2.44 bits per heavy atom. The Kier molecular flexibility index (Phi) is 4.99. The van der Waals surface area contributed by atoms with Gasteiger partial charge in [-0.15, -0.1) is 0 Å². The zero-order valence-corrected chi connectivity index (χ0v) is 10.1. The van der Waals surface area contributed by atoms with Gasteiger partial charge in [-0.3, -0.25) is 4.79 Å². The summed E-state index contributed by atoms with van der Waals surface area (Å²) in [4.78, 5) is 11.7. The van der Waals surface area contributed by atoms with Gasteiger partial charge in [-0.25, -0.2) is 0 Å². The first-order chi connectivity index (χ1) is 7.63. The number of rotatable bonds is 6. The van der Waals surface area contributed by atoms with Gasteiger partial charge in [0.15, 0.2) is 5.78 Å². The van der Waals surface area contributed by atoms with Crippen LogP contribution in [-0.4, -0.2) is 25.5 Å². The van der Waals surface area contributed by atoms with Gasteiger partial charge in [0.25, 0.3) is 0 Å². The van der Waals surface area contributed by atoms with Gasteiger partial charge < -0.3 is 10.1 Å². The van der Waals surface area contributed by atoms with Gasteiger partial charge in [0.2, 0.25) is 0 Å². The van der Waals surface area contributed by atoms with Crippen molar-refractivity contribution >= 4 is 5.78 Å². The number of hydrogen-bond acceptors (Lipinski definition) is 3. The molecule has 1 aromatic carbocycles. The van der Waals surface area contributed by atoms with E-state index in [1.54, 1.807) is 0 Å². The first kappa shape index (κ1) is 12.7. The Labute approximate surface area is 96.8 Å². The molecule has 1 aromatic rings. The molecular weight excluding hydrogens is 202 g/mol. The molecule has 0 aliphatic rings. The summed E-state index contributed by atoms with van der Waals surface area (Å²) in [6.07, 6.45) is 0.687. The van der Waals surface area contributed by atoms with E-state index < -0.39 is 0 Å². The van der Waals surface area contributed by atoms with Gasteiger partial charge in [-0.05, 0) is 45.2 Å². The van der Waals surface area contributed by atoms with Crippen molar-refractivity contribution in [2.45, 2.75) is 26.4 Å². The van der Waals surface area contributed by atoms with Crippen LogP contribution in [0, 0.1) is 0 Å². The van der Waals surface area contributed by atoms with Crippen LogP contribution < -0.4 is 10.1 Å². The fraction of sp³-hybridized carbons (Fsp3) is 0.462. The maximum absolute atomic E-state index is 11.7. The van der Waals surface area contributed by atoms with E-state index in [1.165, 1.54) is 0 Å². The highest BCUT2D eigenvalue weighted by molar-refractivity contribution is 5.96. The Morgan fingerprint density at radius 1 is 1.31 bits per heavy atom. The average Bonchev–Trinajstić information content (AvgIpc) is 2.26. The molecule has 0 amide bonds. The minimum absolute atomic E-state index is 0.158. The van der Waals surface area contributed by atoms with Crippen LogP contribution in [0.4, 0.5) is 0 Å². The number of Topliss-reactive ketones (excluding diaryl/α,β-unsaturated/α-hetero) is 1. The lowest BCUT2D eigenvalue weighted by molar-refractivity contribution is 0.0983. The van der Waals surface area contributed by atoms with Crippen LogP contribution in [-0.2, 0) is 0 Å². The minimum Gasteiger partial charge on any atom is -0.491 e. The van der Waals surface area contributed by atoms with Gasteiger partial charge in [0.05, 0.1) is 6.10 Å². The summed E-state index contributed by atoms with van der Waals surface area (Å²) in [6.45, 7) is 4.67. The molecule has 0 heterocycles. The van der Waals surface area contributed by atoms with E-state index >= 15 is 0 Å². The predicted octanol–water partition coefficient (Wildman–Crippen LogP) is 2.27. The van der Waals surface area contributed by atoms with Gasteiger partial charge in [0.1, 0.15) is 5.75 Å². The minimum atomic E-state index is 0.158. The van der Waals surface area contributed by atoms with Crippen molar-refractivity contribution in [3.63, 3.8) is 0 Å². The molecule has 0 unspecified atom stereocenters. The van der Waals surface area contributed by atoms with Gasteiger partial charge in [0, 0.05) is 18.5 Å². The van der Waals surface area contributed by atoms with Crippen LogP contribution in [0.2, 0.25) is 0 Å². The normalized spacial score (nSPS) is 10.5. The molecule has 0 spiro atoms. The highest BCUT2D eigenvalue weighted by Crippen LogP contribution is 2.14. The number of carbonyl (C=O) groups is 1. The lowest BCUT2D eigenvalue weighted by atomic mass is 10.1. The molecule has 3 nitrogen and oxygen atoms in total. The third-order valence-electron chi connectivity index (χ3n) is 2.15.